The fraction of sp³-hybridized carbons (Fsp3) is 0.0556. The first-order valence-corrected chi connectivity index (χ1v) is 7.87. The third kappa shape index (κ3) is 4.74. The van der Waals surface area contributed by atoms with Gasteiger partial charge in [0.15, 0.2) is 11.6 Å². The van der Waals surface area contributed by atoms with Crippen molar-refractivity contribution < 1.29 is 9.18 Å². The van der Waals surface area contributed by atoms with Crippen LogP contribution in [0.3, 0.4) is 0 Å². The average molecular weight is 357 g/mol. The monoisotopic (exact) mass is 356 g/mol. The molecule has 2 aromatic carbocycles. The standard InChI is InChI=1S/C18H14ClFN4O/c19-14-6-1-2-7-15(14)21-16-8-9-17(24-23-16)22-18(25)11-12-4-3-5-13(20)10-12/h1-10H,11H2,(H,21,23)(H,22,24,25). The molecule has 126 valence electrons. The number of carbonyl (C=O) groups is 1. The Morgan fingerprint density at radius 1 is 1.00 bits per heavy atom. The Balaban J connectivity index is 1.60. The predicted molar refractivity (Wildman–Crippen MR) is 95.5 cm³/mol. The van der Waals surface area contributed by atoms with Crippen LogP contribution in [0.25, 0.3) is 0 Å². The van der Waals surface area contributed by atoms with Crippen molar-refractivity contribution >= 4 is 34.8 Å². The van der Waals surface area contributed by atoms with Crippen LogP contribution in [0.15, 0.2) is 60.7 Å². The molecule has 3 aromatic rings. The molecule has 5 nitrogen and oxygen atoms in total. The number of hydrogen-bond donors (Lipinski definition) is 2. The summed E-state index contributed by atoms with van der Waals surface area (Å²) in [5, 5.41) is 14.2. The van der Waals surface area contributed by atoms with Crippen LogP contribution in [-0.4, -0.2) is 16.1 Å². The number of anilines is 3. The van der Waals surface area contributed by atoms with Crippen molar-refractivity contribution in [1.29, 1.82) is 0 Å². The normalized spacial score (nSPS) is 10.3. The van der Waals surface area contributed by atoms with Crippen LogP contribution in [0.4, 0.5) is 21.7 Å². The Hall–Kier alpha value is -2.99. The van der Waals surface area contributed by atoms with E-state index in [1.807, 2.05) is 18.2 Å². The highest BCUT2D eigenvalue weighted by molar-refractivity contribution is 6.33. The van der Waals surface area contributed by atoms with Gasteiger partial charge in [-0.3, -0.25) is 4.79 Å². The summed E-state index contributed by atoms with van der Waals surface area (Å²) in [6.45, 7) is 0. The minimum absolute atomic E-state index is 0.0546. The Morgan fingerprint density at radius 2 is 1.76 bits per heavy atom. The van der Waals surface area contributed by atoms with E-state index in [2.05, 4.69) is 20.8 Å². The molecule has 2 N–H and O–H groups in total. The smallest absolute Gasteiger partial charge is 0.229 e. The lowest BCUT2D eigenvalue weighted by molar-refractivity contribution is -0.115. The van der Waals surface area contributed by atoms with Crippen LogP contribution in [0.5, 0.6) is 0 Å². The first kappa shape index (κ1) is 16.9. The molecule has 3 rings (SSSR count). The highest BCUT2D eigenvalue weighted by atomic mass is 35.5. The van der Waals surface area contributed by atoms with Gasteiger partial charge in [0, 0.05) is 0 Å². The molecule has 1 aromatic heterocycles. The molecule has 0 fully saturated rings. The zero-order valence-electron chi connectivity index (χ0n) is 13.0. The molecule has 1 amide bonds. The van der Waals surface area contributed by atoms with E-state index in [9.17, 15) is 9.18 Å². The van der Waals surface area contributed by atoms with Crippen molar-refractivity contribution in [3.63, 3.8) is 0 Å². The van der Waals surface area contributed by atoms with Crippen LogP contribution in [0, 0.1) is 5.82 Å². The highest BCUT2D eigenvalue weighted by Crippen LogP contribution is 2.23. The molecule has 0 aliphatic rings. The molecule has 0 radical (unpaired) electrons. The number of nitrogens with one attached hydrogen (secondary N) is 2. The highest BCUT2D eigenvalue weighted by Gasteiger charge is 2.07. The van der Waals surface area contributed by atoms with Gasteiger partial charge >= 0.3 is 0 Å². The van der Waals surface area contributed by atoms with E-state index in [-0.39, 0.29) is 18.1 Å². The second-order valence-corrected chi connectivity index (χ2v) is 5.67. The van der Waals surface area contributed by atoms with E-state index >= 15 is 0 Å². The number of aromatic nitrogens is 2. The molecule has 0 unspecified atom stereocenters. The summed E-state index contributed by atoms with van der Waals surface area (Å²) >= 11 is 6.07. The maximum atomic E-state index is 13.1. The predicted octanol–water partition coefficient (Wildman–Crippen LogP) is 4.19. The number of halogens is 2. The van der Waals surface area contributed by atoms with Crippen molar-refractivity contribution in [3.8, 4) is 0 Å². The molecule has 0 spiro atoms. The summed E-state index contributed by atoms with van der Waals surface area (Å²) in [5.41, 5.74) is 1.30. The van der Waals surface area contributed by atoms with Crippen molar-refractivity contribution in [2.24, 2.45) is 0 Å². The van der Waals surface area contributed by atoms with E-state index in [0.29, 0.717) is 27.9 Å². The minimum Gasteiger partial charge on any atom is -0.338 e. The molecular formula is C18H14ClFN4O. The third-order valence-electron chi connectivity index (χ3n) is 3.32. The first-order chi connectivity index (χ1) is 12.1. The van der Waals surface area contributed by atoms with E-state index in [1.54, 1.807) is 30.3 Å². The largest absolute Gasteiger partial charge is 0.338 e. The summed E-state index contributed by atoms with van der Waals surface area (Å²) in [6.07, 6.45) is 0.0546. The summed E-state index contributed by atoms with van der Waals surface area (Å²) in [6, 6.07) is 16.5. The van der Waals surface area contributed by atoms with Gasteiger partial charge in [-0.2, -0.15) is 0 Å². The lowest BCUT2D eigenvalue weighted by Gasteiger charge is -2.08. The van der Waals surface area contributed by atoms with E-state index in [0.717, 1.165) is 0 Å². The number of amides is 1. The molecule has 0 saturated heterocycles. The van der Waals surface area contributed by atoms with Crippen molar-refractivity contribution in [3.05, 3.63) is 77.1 Å². The van der Waals surface area contributed by atoms with Crippen molar-refractivity contribution in [2.75, 3.05) is 10.6 Å². The molecule has 0 atom stereocenters. The number of nitrogens with zero attached hydrogens (tertiary/aromatic N) is 2. The molecule has 0 aliphatic carbocycles. The molecule has 0 bridgehead atoms. The summed E-state index contributed by atoms with van der Waals surface area (Å²) in [4.78, 5) is 12.0. The Labute approximate surface area is 148 Å². The van der Waals surface area contributed by atoms with Crippen molar-refractivity contribution in [1.82, 2.24) is 10.2 Å². The second-order valence-electron chi connectivity index (χ2n) is 5.26. The Morgan fingerprint density at radius 3 is 2.48 bits per heavy atom. The quantitative estimate of drug-likeness (QED) is 0.719. The first-order valence-electron chi connectivity index (χ1n) is 7.50. The zero-order valence-corrected chi connectivity index (χ0v) is 13.8. The topological polar surface area (TPSA) is 66.9 Å². The number of carbonyl (C=O) groups excluding carboxylic acids is 1. The van der Waals surface area contributed by atoms with Gasteiger partial charge in [0.1, 0.15) is 5.82 Å². The molecule has 0 saturated carbocycles. The van der Waals surface area contributed by atoms with E-state index in [4.69, 9.17) is 11.6 Å². The molecular weight excluding hydrogens is 343 g/mol. The van der Waals surface area contributed by atoms with Crippen LogP contribution >= 0.6 is 11.6 Å². The SMILES string of the molecule is O=C(Cc1cccc(F)c1)Nc1ccc(Nc2ccccc2Cl)nn1. The van der Waals surface area contributed by atoms with Gasteiger partial charge in [0.2, 0.25) is 5.91 Å². The fourth-order valence-electron chi connectivity index (χ4n) is 2.19. The summed E-state index contributed by atoms with van der Waals surface area (Å²) in [7, 11) is 0. The van der Waals surface area contributed by atoms with Gasteiger partial charge in [-0.05, 0) is 42.0 Å². The number of benzene rings is 2. The molecule has 0 aliphatic heterocycles. The van der Waals surface area contributed by atoms with Gasteiger partial charge in [0.25, 0.3) is 0 Å². The third-order valence-corrected chi connectivity index (χ3v) is 3.65. The lowest BCUT2D eigenvalue weighted by atomic mass is 10.1. The van der Waals surface area contributed by atoms with Crippen LogP contribution in [0.2, 0.25) is 5.02 Å². The van der Waals surface area contributed by atoms with Gasteiger partial charge in [-0.1, -0.05) is 35.9 Å². The lowest BCUT2D eigenvalue weighted by Crippen LogP contribution is -2.15. The summed E-state index contributed by atoms with van der Waals surface area (Å²) < 4.78 is 13.1. The Bertz CT molecular complexity index is 886. The van der Waals surface area contributed by atoms with Gasteiger partial charge in [0.05, 0.1) is 17.1 Å². The second kappa shape index (κ2) is 7.72. The molecule has 7 heteroatoms. The fourth-order valence-corrected chi connectivity index (χ4v) is 2.37. The van der Waals surface area contributed by atoms with Crippen LogP contribution in [-0.2, 0) is 11.2 Å². The number of hydrogen-bond acceptors (Lipinski definition) is 4. The van der Waals surface area contributed by atoms with Crippen molar-refractivity contribution in [2.45, 2.75) is 6.42 Å². The van der Waals surface area contributed by atoms with Gasteiger partial charge in [-0.15, -0.1) is 10.2 Å². The van der Waals surface area contributed by atoms with Gasteiger partial charge in [-0.25, -0.2) is 4.39 Å². The van der Waals surface area contributed by atoms with E-state index < -0.39 is 0 Å². The zero-order chi connectivity index (χ0) is 17.6. The molecule has 1 heterocycles. The maximum absolute atomic E-state index is 13.1. The number of para-hydroxylation sites is 1. The minimum atomic E-state index is -0.375. The van der Waals surface area contributed by atoms with E-state index in [1.165, 1.54) is 12.1 Å². The van der Waals surface area contributed by atoms with Crippen LogP contribution < -0.4 is 10.6 Å². The summed E-state index contributed by atoms with van der Waals surface area (Å²) in [5.74, 6) is 0.133. The molecule has 25 heavy (non-hydrogen) atoms. The average Bonchev–Trinajstić information content (AvgIpc) is 2.58. The Kier molecular flexibility index (Phi) is 5.20. The number of rotatable bonds is 5. The maximum Gasteiger partial charge on any atom is 0.229 e. The van der Waals surface area contributed by atoms with Crippen LogP contribution in [0.1, 0.15) is 5.56 Å². The van der Waals surface area contributed by atoms with Gasteiger partial charge < -0.3 is 10.6 Å².